The van der Waals surface area contributed by atoms with Crippen molar-refractivity contribution in [3.63, 3.8) is 0 Å². The molecule has 5 heteroatoms. The maximum absolute atomic E-state index is 12.0. The Morgan fingerprint density at radius 3 is 2.16 bits per heavy atom. The molecule has 2 rings (SSSR count). The average Bonchev–Trinajstić information content (AvgIpc) is 2.67. The first kappa shape index (κ1) is 18.2. The molecular formula is C20H21N3O2. The van der Waals surface area contributed by atoms with Crippen molar-refractivity contribution in [1.82, 2.24) is 10.6 Å². The normalized spacial score (nSPS) is 11.0. The third-order valence-corrected chi connectivity index (χ3v) is 3.62. The molecule has 0 fully saturated rings. The standard InChI is InChI=1S/C20H21N3O2/c1-25-13-12-22-20(24)18(14-21)15-23-19(16-8-4-2-5-9-16)17-10-6-3-7-11-17/h2-11,15,19,23H,12-13H2,1H3,(H,22,24)/b18-15-. The minimum absolute atomic E-state index is 0.0213. The number of ether oxygens (including phenoxy) is 1. The first-order valence-electron chi connectivity index (χ1n) is 7.99. The topological polar surface area (TPSA) is 74.1 Å². The van der Waals surface area contributed by atoms with E-state index in [4.69, 9.17) is 4.74 Å². The number of nitriles is 1. The van der Waals surface area contributed by atoms with Crippen LogP contribution in [0.3, 0.4) is 0 Å². The number of rotatable bonds is 8. The summed E-state index contributed by atoms with van der Waals surface area (Å²) >= 11 is 0. The molecule has 0 aliphatic rings. The maximum atomic E-state index is 12.0. The van der Waals surface area contributed by atoms with Gasteiger partial charge in [0.1, 0.15) is 11.6 Å². The summed E-state index contributed by atoms with van der Waals surface area (Å²) in [4.78, 5) is 12.0. The monoisotopic (exact) mass is 335 g/mol. The fourth-order valence-electron chi connectivity index (χ4n) is 2.35. The fourth-order valence-corrected chi connectivity index (χ4v) is 2.35. The van der Waals surface area contributed by atoms with E-state index in [-0.39, 0.29) is 11.6 Å². The van der Waals surface area contributed by atoms with Crippen molar-refractivity contribution in [2.45, 2.75) is 6.04 Å². The van der Waals surface area contributed by atoms with Gasteiger partial charge in [-0.2, -0.15) is 5.26 Å². The molecule has 0 heterocycles. The van der Waals surface area contributed by atoms with Gasteiger partial charge < -0.3 is 15.4 Å². The highest BCUT2D eigenvalue weighted by Gasteiger charge is 2.14. The van der Waals surface area contributed by atoms with E-state index < -0.39 is 5.91 Å². The maximum Gasteiger partial charge on any atom is 0.263 e. The Balaban J connectivity index is 2.19. The van der Waals surface area contributed by atoms with E-state index in [9.17, 15) is 10.1 Å². The molecule has 128 valence electrons. The van der Waals surface area contributed by atoms with Gasteiger partial charge in [0, 0.05) is 19.9 Å². The summed E-state index contributed by atoms with van der Waals surface area (Å²) in [5.41, 5.74) is 2.11. The summed E-state index contributed by atoms with van der Waals surface area (Å²) in [6.07, 6.45) is 1.47. The number of amides is 1. The molecule has 1 amide bonds. The van der Waals surface area contributed by atoms with Crippen LogP contribution in [0.2, 0.25) is 0 Å². The predicted molar refractivity (Wildman–Crippen MR) is 96.4 cm³/mol. The van der Waals surface area contributed by atoms with Gasteiger partial charge in [-0.05, 0) is 11.1 Å². The molecule has 0 atom stereocenters. The van der Waals surface area contributed by atoms with Gasteiger partial charge in [-0.15, -0.1) is 0 Å². The number of hydrogen-bond donors (Lipinski definition) is 2. The number of carbonyl (C=O) groups is 1. The second-order valence-electron chi connectivity index (χ2n) is 5.34. The van der Waals surface area contributed by atoms with Crippen LogP contribution in [0.15, 0.2) is 72.4 Å². The van der Waals surface area contributed by atoms with E-state index >= 15 is 0 Å². The molecule has 25 heavy (non-hydrogen) atoms. The highest BCUT2D eigenvalue weighted by Crippen LogP contribution is 2.21. The zero-order valence-electron chi connectivity index (χ0n) is 14.1. The Morgan fingerprint density at radius 1 is 1.12 bits per heavy atom. The molecule has 0 aliphatic heterocycles. The number of methoxy groups -OCH3 is 1. The van der Waals surface area contributed by atoms with Crippen LogP contribution in [0.25, 0.3) is 0 Å². The Bertz CT molecular complexity index is 697. The van der Waals surface area contributed by atoms with Crippen molar-refractivity contribution >= 4 is 5.91 Å². The van der Waals surface area contributed by atoms with Crippen molar-refractivity contribution in [1.29, 1.82) is 5.26 Å². The number of nitrogens with zero attached hydrogens (tertiary/aromatic N) is 1. The third kappa shape index (κ3) is 5.48. The van der Waals surface area contributed by atoms with Gasteiger partial charge in [0.05, 0.1) is 12.6 Å². The van der Waals surface area contributed by atoms with E-state index in [2.05, 4.69) is 10.6 Å². The quantitative estimate of drug-likeness (QED) is 0.442. The van der Waals surface area contributed by atoms with E-state index in [0.29, 0.717) is 13.2 Å². The lowest BCUT2D eigenvalue weighted by molar-refractivity contribution is -0.117. The van der Waals surface area contributed by atoms with Crippen LogP contribution in [-0.4, -0.2) is 26.2 Å². The minimum Gasteiger partial charge on any atom is -0.383 e. The van der Waals surface area contributed by atoms with Crippen molar-refractivity contribution in [2.24, 2.45) is 0 Å². The van der Waals surface area contributed by atoms with Crippen LogP contribution in [0.1, 0.15) is 17.2 Å². The van der Waals surface area contributed by atoms with Gasteiger partial charge in [-0.3, -0.25) is 4.79 Å². The van der Waals surface area contributed by atoms with Gasteiger partial charge in [-0.1, -0.05) is 60.7 Å². The fraction of sp³-hybridized carbons (Fsp3) is 0.200. The van der Waals surface area contributed by atoms with Crippen LogP contribution in [0.5, 0.6) is 0 Å². The van der Waals surface area contributed by atoms with Crippen LogP contribution < -0.4 is 10.6 Å². The van der Waals surface area contributed by atoms with Gasteiger partial charge in [0.15, 0.2) is 0 Å². The van der Waals surface area contributed by atoms with E-state index in [0.717, 1.165) is 11.1 Å². The summed E-state index contributed by atoms with van der Waals surface area (Å²) < 4.78 is 4.89. The number of hydrogen-bond acceptors (Lipinski definition) is 4. The van der Waals surface area contributed by atoms with Gasteiger partial charge in [0.25, 0.3) is 5.91 Å². The summed E-state index contributed by atoms with van der Waals surface area (Å²) in [6.45, 7) is 0.754. The van der Waals surface area contributed by atoms with Gasteiger partial charge >= 0.3 is 0 Å². The Labute approximate surface area is 147 Å². The molecule has 0 unspecified atom stereocenters. The molecule has 0 saturated carbocycles. The Morgan fingerprint density at radius 2 is 1.68 bits per heavy atom. The molecule has 5 nitrogen and oxygen atoms in total. The minimum atomic E-state index is -0.424. The molecule has 0 aromatic heterocycles. The summed E-state index contributed by atoms with van der Waals surface area (Å²) in [5, 5.41) is 15.1. The molecule has 0 bridgehead atoms. The van der Waals surface area contributed by atoms with E-state index in [1.54, 1.807) is 7.11 Å². The average molecular weight is 335 g/mol. The highest BCUT2D eigenvalue weighted by molar-refractivity contribution is 5.97. The van der Waals surface area contributed by atoms with Crippen LogP contribution in [0, 0.1) is 11.3 Å². The molecule has 2 N–H and O–H groups in total. The Hall–Kier alpha value is -3.10. The summed E-state index contributed by atoms with van der Waals surface area (Å²) in [7, 11) is 1.55. The summed E-state index contributed by atoms with van der Waals surface area (Å²) in [6, 6.07) is 21.5. The van der Waals surface area contributed by atoms with Crippen molar-refractivity contribution in [2.75, 3.05) is 20.3 Å². The van der Waals surface area contributed by atoms with Crippen LogP contribution in [-0.2, 0) is 9.53 Å². The zero-order chi connectivity index (χ0) is 17.9. The molecule has 2 aromatic rings. The lowest BCUT2D eigenvalue weighted by Gasteiger charge is -2.19. The number of nitrogens with one attached hydrogen (secondary N) is 2. The number of carbonyl (C=O) groups excluding carboxylic acids is 1. The van der Waals surface area contributed by atoms with E-state index in [1.165, 1.54) is 6.20 Å². The van der Waals surface area contributed by atoms with Gasteiger partial charge in [0.2, 0.25) is 0 Å². The second kappa shape index (κ2) is 9.91. The smallest absolute Gasteiger partial charge is 0.263 e. The molecule has 2 aromatic carbocycles. The molecule has 0 saturated heterocycles. The molecule has 0 radical (unpaired) electrons. The van der Waals surface area contributed by atoms with Crippen LogP contribution in [0.4, 0.5) is 0 Å². The molecule has 0 aliphatic carbocycles. The summed E-state index contributed by atoms with van der Waals surface area (Å²) in [5.74, 6) is -0.424. The molecular weight excluding hydrogens is 314 g/mol. The zero-order valence-corrected chi connectivity index (χ0v) is 14.1. The largest absolute Gasteiger partial charge is 0.383 e. The highest BCUT2D eigenvalue weighted by atomic mass is 16.5. The predicted octanol–water partition coefficient (Wildman–Crippen LogP) is 2.54. The van der Waals surface area contributed by atoms with Gasteiger partial charge in [-0.25, -0.2) is 0 Å². The lowest BCUT2D eigenvalue weighted by atomic mass is 9.99. The first-order valence-corrected chi connectivity index (χ1v) is 7.99. The SMILES string of the molecule is COCCNC(=O)/C(C#N)=C\NC(c1ccccc1)c1ccccc1. The third-order valence-electron chi connectivity index (χ3n) is 3.62. The van der Waals surface area contributed by atoms with Crippen molar-refractivity contribution in [3.05, 3.63) is 83.6 Å². The van der Waals surface area contributed by atoms with Crippen molar-refractivity contribution < 1.29 is 9.53 Å². The van der Waals surface area contributed by atoms with Crippen LogP contribution >= 0.6 is 0 Å². The Kier molecular flexibility index (Phi) is 7.23. The first-order chi connectivity index (χ1) is 12.3. The second-order valence-corrected chi connectivity index (χ2v) is 5.34. The number of benzene rings is 2. The van der Waals surface area contributed by atoms with Crippen molar-refractivity contribution in [3.8, 4) is 6.07 Å². The lowest BCUT2D eigenvalue weighted by Crippen LogP contribution is -2.29. The van der Waals surface area contributed by atoms with E-state index in [1.807, 2.05) is 66.7 Å². The molecule has 0 spiro atoms.